The third-order valence-corrected chi connectivity index (χ3v) is 5.40. The molecule has 2 amide bonds. The molecule has 0 unspecified atom stereocenters. The van der Waals surface area contributed by atoms with Crippen molar-refractivity contribution in [3.8, 4) is 5.75 Å². The van der Waals surface area contributed by atoms with Crippen LogP contribution in [0.5, 0.6) is 5.75 Å². The van der Waals surface area contributed by atoms with Crippen LogP contribution in [-0.4, -0.2) is 30.1 Å². The van der Waals surface area contributed by atoms with Gasteiger partial charge in [0.25, 0.3) is 11.8 Å². The summed E-state index contributed by atoms with van der Waals surface area (Å²) in [5.41, 5.74) is 1.59. The van der Waals surface area contributed by atoms with Crippen molar-refractivity contribution in [3.63, 3.8) is 0 Å². The number of anilines is 1. The second-order valence-electron chi connectivity index (χ2n) is 7.77. The smallest absolute Gasteiger partial charge is 0.257 e. The van der Waals surface area contributed by atoms with Crippen molar-refractivity contribution in [2.24, 2.45) is 5.92 Å². The van der Waals surface area contributed by atoms with Crippen molar-refractivity contribution in [3.05, 3.63) is 58.1 Å². The third kappa shape index (κ3) is 8.59. The molecule has 6 nitrogen and oxygen atoms in total. The Bertz CT molecular complexity index is 950. The molecule has 2 aromatic rings. The Labute approximate surface area is 203 Å². The first kappa shape index (κ1) is 25.8. The van der Waals surface area contributed by atoms with Crippen LogP contribution in [0.2, 0.25) is 0 Å². The Hall–Kier alpha value is -2.45. The molecule has 0 saturated heterocycles. The zero-order valence-electron chi connectivity index (χ0n) is 18.7. The van der Waals surface area contributed by atoms with E-state index >= 15 is 0 Å². The number of carbonyl (C=O) groups is 2. The monoisotopic (exact) mass is 519 g/mol. The summed E-state index contributed by atoms with van der Waals surface area (Å²) in [6.45, 7) is 7.60. The van der Waals surface area contributed by atoms with Crippen molar-refractivity contribution in [2.45, 2.75) is 40.0 Å². The molecular formula is C24H30BrN3O3S. The Morgan fingerprint density at radius 1 is 1.09 bits per heavy atom. The number of benzene rings is 2. The molecule has 8 heteroatoms. The Balaban J connectivity index is 1.92. The molecule has 2 rings (SSSR count). The SMILES string of the molecule is CCCCNC(=O)c1cccc(NC(=S)NC(=O)c2ccc(OCCC(C)C)c(Br)c2)c1. The van der Waals surface area contributed by atoms with Gasteiger partial charge in [-0.2, -0.15) is 0 Å². The zero-order valence-corrected chi connectivity index (χ0v) is 21.1. The fourth-order valence-electron chi connectivity index (χ4n) is 2.72. The quantitative estimate of drug-likeness (QED) is 0.284. The largest absolute Gasteiger partial charge is 0.492 e. The minimum Gasteiger partial charge on any atom is -0.492 e. The van der Waals surface area contributed by atoms with Gasteiger partial charge in [0.2, 0.25) is 0 Å². The molecule has 0 radical (unpaired) electrons. The van der Waals surface area contributed by atoms with E-state index in [0.29, 0.717) is 46.1 Å². The van der Waals surface area contributed by atoms with Gasteiger partial charge in [-0.15, -0.1) is 0 Å². The summed E-state index contributed by atoms with van der Waals surface area (Å²) in [5, 5.41) is 8.64. The van der Waals surface area contributed by atoms with E-state index in [2.05, 4.69) is 52.7 Å². The number of unbranched alkanes of at least 4 members (excludes halogenated alkanes) is 1. The second-order valence-corrected chi connectivity index (χ2v) is 9.04. The van der Waals surface area contributed by atoms with E-state index in [1.807, 2.05) is 0 Å². The first-order valence-electron chi connectivity index (χ1n) is 10.7. The minimum absolute atomic E-state index is 0.141. The van der Waals surface area contributed by atoms with Gasteiger partial charge in [0.05, 0.1) is 11.1 Å². The fraction of sp³-hybridized carbons (Fsp3) is 0.375. The van der Waals surface area contributed by atoms with Crippen LogP contribution in [0.25, 0.3) is 0 Å². The van der Waals surface area contributed by atoms with Crippen LogP contribution in [-0.2, 0) is 0 Å². The molecule has 0 bridgehead atoms. The maximum Gasteiger partial charge on any atom is 0.257 e. The summed E-state index contributed by atoms with van der Waals surface area (Å²) in [6, 6.07) is 12.1. The topological polar surface area (TPSA) is 79.5 Å². The molecule has 2 aromatic carbocycles. The number of hydrogen-bond acceptors (Lipinski definition) is 4. The van der Waals surface area contributed by atoms with Gasteiger partial charge in [-0.1, -0.05) is 33.3 Å². The lowest BCUT2D eigenvalue weighted by Gasteiger charge is -2.13. The highest BCUT2D eigenvalue weighted by atomic mass is 79.9. The van der Waals surface area contributed by atoms with Gasteiger partial charge in [0, 0.05) is 23.4 Å². The molecule has 0 fully saturated rings. The number of ether oxygens (including phenoxy) is 1. The number of halogens is 1. The predicted molar refractivity (Wildman–Crippen MR) is 136 cm³/mol. The molecule has 0 saturated carbocycles. The lowest BCUT2D eigenvalue weighted by Crippen LogP contribution is -2.34. The van der Waals surface area contributed by atoms with Gasteiger partial charge >= 0.3 is 0 Å². The Kier molecular flexibility index (Phi) is 10.6. The van der Waals surface area contributed by atoms with E-state index in [1.165, 1.54) is 0 Å². The number of rotatable bonds is 10. The molecule has 0 spiro atoms. The van der Waals surface area contributed by atoms with Crippen molar-refractivity contribution in [1.29, 1.82) is 0 Å². The molecule has 0 atom stereocenters. The molecule has 3 N–H and O–H groups in total. The molecule has 32 heavy (non-hydrogen) atoms. The highest BCUT2D eigenvalue weighted by Gasteiger charge is 2.12. The number of nitrogens with one attached hydrogen (secondary N) is 3. The van der Waals surface area contributed by atoms with Crippen molar-refractivity contribution in [2.75, 3.05) is 18.5 Å². The van der Waals surface area contributed by atoms with E-state index in [-0.39, 0.29) is 16.9 Å². The number of thiocarbonyl (C=S) groups is 1. The van der Waals surface area contributed by atoms with Crippen LogP contribution < -0.4 is 20.7 Å². The van der Waals surface area contributed by atoms with E-state index < -0.39 is 0 Å². The summed E-state index contributed by atoms with van der Waals surface area (Å²) in [6.07, 6.45) is 2.90. The van der Waals surface area contributed by atoms with Crippen LogP contribution in [0.3, 0.4) is 0 Å². The van der Waals surface area contributed by atoms with Crippen molar-refractivity contribution in [1.82, 2.24) is 10.6 Å². The first-order chi connectivity index (χ1) is 15.3. The van der Waals surface area contributed by atoms with Gasteiger partial charge in [-0.25, -0.2) is 0 Å². The van der Waals surface area contributed by atoms with Crippen LogP contribution in [0, 0.1) is 5.92 Å². The molecular weight excluding hydrogens is 490 g/mol. The van der Waals surface area contributed by atoms with Crippen LogP contribution >= 0.6 is 28.1 Å². The molecule has 0 aliphatic carbocycles. The van der Waals surface area contributed by atoms with Gasteiger partial charge in [0.15, 0.2) is 5.11 Å². The maximum absolute atomic E-state index is 12.6. The molecule has 172 valence electrons. The van der Waals surface area contributed by atoms with Gasteiger partial charge in [-0.3, -0.25) is 14.9 Å². The fourth-order valence-corrected chi connectivity index (χ4v) is 3.42. The lowest BCUT2D eigenvalue weighted by molar-refractivity contribution is 0.0950. The highest BCUT2D eigenvalue weighted by molar-refractivity contribution is 9.10. The number of carbonyl (C=O) groups excluding carboxylic acids is 2. The van der Waals surface area contributed by atoms with Gasteiger partial charge < -0.3 is 15.4 Å². The summed E-state index contributed by atoms with van der Waals surface area (Å²) in [5.74, 6) is 0.767. The van der Waals surface area contributed by atoms with Gasteiger partial charge in [-0.05, 0) is 83.3 Å². The van der Waals surface area contributed by atoms with Crippen LogP contribution in [0.4, 0.5) is 5.69 Å². The molecule has 0 aromatic heterocycles. The van der Waals surface area contributed by atoms with Gasteiger partial charge in [0.1, 0.15) is 5.75 Å². The second kappa shape index (κ2) is 13.2. The average Bonchev–Trinajstić information content (AvgIpc) is 2.74. The summed E-state index contributed by atoms with van der Waals surface area (Å²) >= 11 is 8.72. The minimum atomic E-state index is -0.342. The lowest BCUT2D eigenvalue weighted by atomic mass is 10.1. The number of hydrogen-bond donors (Lipinski definition) is 3. The van der Waals surface area contributed by atoms with Crippen molar-refractivity contribution < 1.29 is 14.3 Å². The number of amides is 2. The maximum atomic E-state index is 12.6. The summed E-state index contributed by atoms with van der Waals surface area (Å²) < 4.78 is 6.46. The van der Waals surface area contributed by atoms with Crippen molar-refractivity contribution >= 4 is 50.8 Å². The predicted octanol–water partition coefficient (Wildman–Crippen LogP) is 5.53. The zero-order chi connectivity index (χ0) is 23.5. The summed E-state index contributed by atoms with van der Waals surface area (Å²) in [4.78, 5) is 24.8. The molecule has 0 heterocycles. The first-order valence-corrected chi connectivity index (χ1v) is 11.9. The van der Waals surface area contributed by atoms with E-state index in [0.717, 1.165) is 19.3 Å². The summed E-state index contributed by atoms with van der Waals surface area (Å²) in [7, 11) is 0. The Morgan fingerprint density at radius 2 is 1.84 bits per heavy atom. The third-order valence-electron chi connectivity index (χ3n) is 4.57. The van der Waals surface area contributed by atoms with E-state index in [4.69, 9.17) is 17.0 Å². The molecule has 0 aliphatic rings. The standard InChI is InChI=1S/C24H30BrN3O3S/c1-4-5-12-26-22(29)17-7-6-8-19(14-17)27-24(32)28-23(30)18-9-10-21(20(25)15-18)31-13-11-16(2)3/h6-10,14-16H,4-5,11-13H2,1-3H3,(H,26,29)(H2,27,28,30,32). The normalized spacial score (nSPS) is 10.5. The highest BCUT2D eigenvalue weighted by Crippen LogP contribution is 2.26. The Morgan fingerprint density at radius 3 is 2.53 bits per heavy atom. The van der Waals surface area contributed by atoms with Crippen LogP contribution in [0.15, 0.2) is 46.9 Å². The molecule has 0 aliphatic heterocycles. The van der Waals surface area contributed by atoms with E-state index in [1.54, 1.807) is 42.5 Å². The van der Waals surface area contributed by atoms with Crippen LogP contribution in [0.1, 0.15) is 60.7 Å². The average molecular weight is 520 g/mol. The van der Waals surface area contributed by atoms with E-state index in [9.17, 15) is 9.59 Å².